The van der Waals surface area contributed by atoms with Gasteiger partial charge in [-0.3, -0.25) is 15.0 Å². The lowest BCUT2D eigenvalue weighted by molar-refractivity contribution is -0.116. The third-order valence-corrected chi connectivity index (χ3v) is 3.58. The smallest absolute Gasteiger partial charge is 0.273 e. The Morgan fingerprint density at radius 2 is 1.92 bits per heavy atom. The molecule has 124 valence electrons. The maximum atomic E-state index is 12.5. The fourth-order valence-corrected chi connectivity index (χ4v) is 2.44. The molecule has 0 unspecified atom stereocenters. The van der Waals surface area contributed by atoms with Gasteiger partial charge in [0.15, 0.2) is 5.65 Å². The molecule has 7 heteroatoms. The Balaban J connectivity index is 1.87. The van der Waals surface area contributed by atoms with Gasteiger partial charge >= 0.3 is 0 Å². The summed E-state index contributed by atoms with van der Waals surface area (Å²) in [5, 5.41) is 4.61. The number of carbonyl (C=O) groups is 1. The lowest BCUT2D eigenvalue weighted by atomic mass is 10.1. The van der Waals surface area contributed by atoms with Gasteiger partial charge < -0.3 is 0 Å². The maximum Gasteiger partial charge on any atom is 0.283 e. The molecule has 2 heterocycles. The summed E-state index contributed by atoms with van der Waals surface area (Å²) in [6, 6.07) is 9.33. The van der Waals surface area contributed by atoms with E-state index in [9.17, 15) is 9.59 Å². The average Bonchev–Trinajstić information content (AvgIpc) is 2.96. The van der Waals surface area contributed by atoms with Crippen LogP contribution in [0.25, 0.3) is 11.0 Å². The third kappa shape index (κ3) is 3.05. The highest BCUT2D eigenvalue weighted by Gasteiger charge is 2.20. The number of hydrogen-bond donors (Lipinski definition) is 1. The highest BCUT2D eigenvalue weighted by molar-refractivity contribution is 5.86. The van der Waals surface area contributed by atoms with Gasteiger partial charge in [-0.25, -0.2) is 14.3 Å². The van der Waals surface area contributed by atoms with Crippen LogP contribution in [0.15, 0.2) is 47.7 Å². The first-order valence-electron chi connectivity index (χ1n) is 7.66. The summed E-state index contributed by atoms with van der Waals surface area (Å²) in [6.07, 6.45) is 2.99. The van der Waals surface area contributed by atoms with Crippen LogP contribution in [0.2, 0.25) is 0 Å². The zero-order chi connectivity index (χ0) is 17.3. The van der Waals surface area contributed by atoms with Gasteiger partial charge in [0.1, 0.15) is 11.7 Å². The molecule has 0 aliphatic rings. The van der Waals surface area contributed by atoms with Crippen LogP contribution >= 0.6 is 0 Å². The summed E-state index contributed by atoms with van der Waals surface area (Å²) in [6.45, 7) is 5.94. The van der Waals surface area contributed by atoms with Crippen molar-refractivity contribution in [3.63, 3.8) is 0 Å². The first-order chi connectivity index (χ1) is 11.4. The minimum absolute atomic E-state index is 0.187. The van der Waals surface area contributed by atoms with Crippen molar-refractivity contribution in [3.8, 4) is 0 Å². The highest BCUT2D eigenvalue weighted by atomic mass is 16.2. The largest absolute Gasteiger partial charge is 0.283 e. The Kier molecular flexibility index (Phi) is 3.92. The van der Waals surface area contributed by atoms with Crippen LogP contribution < -0.4 is 11.0 Å². The molecule has 0 aliphatic heterocycles. The van der Waals surface area contributed by atoms with Gasteiger partial charge in [0.2, 0.25) is 5.91 Å². The van der Waals surface area contributed by atoms with E-state index in [1.54, 1.807) is 4.68 Å². The number of aromatic nitrogens is 4. The first kappa shape index (κ1) is 15.9. The van der Waals surface area contributed by atoms with Crippen molar-refractivity contribution in [2.75, 3.05) is 5.43 Å². The summed E-state index contributed by atoms with van der Waals surface area (Å²) >= 11 is 0. The van der Waals surface area contributed by atoms with E-state index in [0.29, 0.717) is 11.0 Å². The van der Waals surface area contributed by atoms with Crippen LogP contribution in [0, 0.1) is 0 Å². The minimum atomic E-state index is -0.350. The van der Waals surface area contributed by atoms with Crippen LogP contribution in [0.4, 0.5) is 0 Å². The number of carbonyl (C=O) groups excluding carboxylic acids is 1. The van der Waals surface area contributed by atoms with E-state index in [-0.39, 0.29) is 23.4 Å². The predicted octanol–water partition coefficient (Wildman–Crippen LogP) is 1.66. The molecule has 1 amide bonds. The molecule has 0 spiro atoms. The second-order valence-corrected chi connectivity index (χ2v) is 6.58. The van der Waals surface area contributed by atoms with Gasteiger partial charge in [-0.05, 0) is 26.3 Å². The van der Waals surface area contributed by atoms with Crippen molar-refractivity contribution >= 4 is 16.9 Å². The second-order valence-electron chi connectivity index (χ2n) is 6.58. The topological polar surface area (TPSA) is 81.8 Å². The van der Waals surface area contributed by atoms with E-state index in [4.69, 9.17) is 0 Å². The Morgan fingerprint density at radius 1 is 1.21 bits per heavy atom. The number of amides is 1. The molecule has 0 atom stereocenters. The highest BCUT2D eigenvalue weighted by Crippen LogP contribution is 2.17. The molecule has 24 heavy (non-hydrogen) atoms. The number of fused-ring (bicyclic) bond motifs is 1. The molecular weight excluding hydrogens is 306 g/mol. The monoisotopic (exact) mass is 325 g/mol. The molecule has 0 bridgehead atoms. The third-order valence-electron chi connectivity index (χ3n) is 3.58. The van der Waals surface area contributed by atoms with Crippen molar-refractivity contribution in [1.29, 1.82) is 0 Å². The lowest BCUT2D eigenvalue weighted by Gasteiger charge is -2.19. The zero-order valence-electron chi connectivity index (χ0n) is 13.9. The summed E-state index contributed by atoms with van der Waals surface area (Å²) in [4.78, 5) is 28.9. The molecule has 3 rings (SSSR count). The molecule has 0 saturated heterocycles. The second kappa shape index (κ2) is 5.92. The Labute approximate surface area is 138 Å². The molecule has 1 aromatic carbocycles. The number of hydrogen-bond acceptors (Lipinski definition) is 4. The molecule has 0 fully saturated rings. The van der Waals surface area contributed by atoms with E-state index in [1.165, 1.54) is 12.5 Å². The summed E-state index contributed by atoms with van der Waals surface area (Å²) in [5.41, 5.74) is 3.30. The maximum absolute atomic E-state index is 12.5. The summed E-state index contributed by atoms with van der Waals surface area (Å²) < 4.78 is 2.79. The van der Waals surface area contributed by atoms with Crippen molar-refractivity contribution in [2.45, 2.75) is 32.7 Å². The Bertz CT molecular complexity index is 935. The van der Waals surface area contributed by atoms with Crippen LogP contribution in [-0.4, -0.2) is 25.3 Å². The van der Waals surface area contributed by atoms with Crippen LogP contribution in [-0.2, 0) is 16.8 Å². The number of benzene rings is 1. The van der Waals surface area contributed by atoms with Crippen molar-refractivity contribution in [3.05, 3.63) is 58.8 Å². The van der Waals surface area contributed by atoms with E-state index < -0.39 is 0 Å². The van der Waals surface area contributed by atoms with Gasteiger partial charge in [0, 0.05) is 0 Å². The molecule has 0 radical (unpaired) electrons. The normalized spacial score (nSPS) is 11.6. The predicted molar refractivity (Wildman–Crippen MR) is 91.3 cm³/mol. The summed E-state index contributed by atoms with van der Waals surface area (Å²) in [5.74, 6) is -0.285. The van der Waals surface area contributed by atoms with Crippen molar-refractivity contribution in [2.24, 2.45) is 0 Å². The van der Waals surface area contributed by atoms with Crippen LogP contribution in [0.3, 0.4) is 0 Å². The van der Waals surface area contributed by atoms with Gasteiger partial charge in [-0.1, -0.05) is 30.3 Å². The first-order valence-corrected chi connectivity index (χ1v) is 7.66. The van der Waals surface area contributed by atoms with E-state index in [2.05, 4.69) is 15.5 Å². The molecule has 3 aromatic rings. The molecule has 0 aliphatic carbocycles. The molecule has 2 aromatic heterocycles. The van der Waals surface area contributed by atoms with Crippen molar-refractivity contribution in [1.82, 2.24) is 19.4 Å². The van der Waals surface area contributed by atoms with E-state index in [0.717, 1.165) is 10.2 Å². The average molecular weight is 325 g/mol. The Morgan fingerprint density at radius 3 is 2.58 bits per heavy atom. The zero-order valence-corrected chi connectivity index (χ0v) is 13.9. The minimum Gasteiger partial charge on any atom is -0.273 e. The SMILES string of the molecule is CC(C)(C)n1ncc2c(=O)n(NC(=O)Cc3ccccc3)cnc21. The van der Waals surface area contributed by atoms with Crippen molar-refractivity contribution < 1.29 is 4.79 Å². The van der Waals surface area contributed by atoms with Gasteiger partial charge in [0.05, 0.1) is 18.2 Å². The summed E-state index contributed by atoms with van der Waals surface area (Å²) in [7, 11) is 0. The lowest BCUT2D eigenvalue weighted by Crippen LogP contribution is -2.34. The fourth-order valence-electron chi connectivity index (χ4n) is 2.44. The Hall–Kier alpha value is -2.96. The molecule has 7 nitrogen and oxygen atoms in total. The standard InChI is InChI=1S/C17H19N5O2/c1-17(2,3)22-15-13(10-19-22)16(24)21(11-18-15)20-14(23)9-12-7-5-4-6-8-12/h4-8,10-11H,9H2,1-3H3,(H,20,23). The van der Waals surface area contributed by atoms with Crippen LogP contribution in [0.5, 0.6) is 0 Å². The fraction of sp³-hybridized carbons (Fsp3) is 0.294. The number of rotatable bonds is 3. The molecule has 1 N–H and O–H groups in total. The number of nitrogens with one attached hydrogen (secondary N) is 1. The van der Waals surface area contributed by atoms with Gasteiger partial charge in [-0.2, -0.15) is 5.10 Å². The van der Waals surface area contributed by atoms with Gasteiger partial charge in [0.25, 0.3) is 5.56 Å². The van der Waals surface area contributed by atoms with E-state index in [1.807, 2.05) is 51.1 Å². The van der Waals surface area contributed by atoms with E-state index >= 15 is 0 Å². The quantitative estimate of drug-likeness (QED) is 0.794. The molecular formula is C17H19N5O2. The number of nitrogens with zero attached hydrogens (tertiary/aromatic N) is 4. The molecule has 0 saturated carbocycles. The van der Waals surface area contributed by atoms with Gasteiger partial charge in [-0.15, -0.1) is 0 Å². The van der Waals surface area contributed by atoms with Crippen LogP contribution in [0.1, 0.15) is 26.3 Å².